The molecule has 1 aromatic carbocycles. The Hall–Kier alpha value is -3.82. The fourth-order valence-corrected chi connectivity index (χ4v) is 4.53. The lowest BCUT2D eigenvalue weighted by Crippen LogP contribution is -2.30. The van der Waals surface area contributed by atoms with Gasteiger partial charge in [0.1, 0.15) is 17.2 Å². The predicted molar refractivity (Wildman–Crippen MR) is 118 cm³/mol. The van der Waals surface area contributed by atoms with Crippen LogP contribution in [0.2, 0.25) is 0 Å². The number of anilines is 2. The van der Waals surface area contributed by atoms with E-state index in [1.54, 1.807) is 48.1 Å². The molecular formula is C23H21F3N6O. The molecule has 10 heteroatoms. The summed E-state index contributed by atoms with van der Waals surface area (Å²) in [6.07, 6.45) is 4.80. The number of carbonyl (C=O) groups excluding carboxylic acids is 1. The number of fused-ring (bicyclic) bond motifs is 1. The van der Waals surface area contributed by atoms with Crippen LogP contribution in [-0.4, -0.2) is 40.0 Å². The summed E-state index contributed by atoms with van der Waals surface area (Å²) in [5.41, 5.74) is 7.64. The van der Waals surface area contributed by atoms with E-state index in [1.165, 1.54) is 21.9 Å². The van der Waals surface area contributed by atoms with Crippen molar-refractivity contribution in [3.05, 3.63) is 71.6 Å². The highest BCUT2D eigenvalue weighted by molar-refractivity contribution is 6.52. The molecule has 0 radical (unpaired) electrons. The zero-order chi connectivity index (χ0) is 23.5. The average Bonchev–Trinajstić information content (AvgIpc) is 3.44. The normalized spacial score (nSPS) is 22.0. The number of nitrogens with one attached hydrogen (secondary N) is 1. The Bertz CT molecular complexity index is 1330. The summed E-state index contributed by atoms with van der Waals surface area (Å²) >= 11 is 0. The van der Waals surface area contributed by atoms with Crippen molar-refractivity contribution in [3.8, 4) is 0 Å². The van der Waals surface area contributed by atoms with Crippen molar-refractivity contribution in [2.24, 2.45) is 5.73 Å². The smallest absolute Gasteiger partial charge is 0.277 e. The summed E-state index contributed by atoms with van der Waals surface area (Å²) in [6, 6.07) is 6.61. The minimum atomic E-state index is -2.81. The first-order chi connectivity index (χ1) is 15.7. The van der Waals surface area contributed by atoms with Gasteiger partial charge in [-0.3, -0.25) is 15.1 Å². The SMILES string of the molecule is C/C(N)=C1/C(=N)C(=O)N(c2ccn3ccnc3c2)C1c1ccc(N2CCC(F)(F)C2)cc1F. The molecule has 0 spiro atoms. The third kappa shape index (κ3) is 3.42. The van der Waals surface area contributed by atoms with Crippen LogP contribution in [0.3, 0.4) is 0 Å². The van der Waals surface area contributed by atoms with Crippen LogP contribution in [0.15, 0.2) is 60.2 Å². The van der Waals surface area contributed by atoms with Crippen LogP contribution >= 0.6 is 0 Å². The van der Waals surface area contributed by atoms with Crippen molar-refractivity contribution in [2.45, 2.75) is 25.3 Å². The lowest BCUT2D eigenvalue weighted by Gasteiger charge is -2.27. The molecule has 2 aromatic heterocycles. The number of aromatic nitrogens is 2. The molecule has 1 amide bonds. The fraction of sp³-hybridized carbons (Fsp3) is 0.261. The van der Waals surface area contributed by atoms with Crippen LogP contribution in [-0.2, 0) is 4.79 Å². The summed E-state index contributed by atoms with van der Waals surface area (Å²) in [5.74, 6) is -4.09. The highest BCUT2D eigenvalue weighted by Crippen LogP contribution is 2.42. The molecule has 33 heavy (non-hydrogen) atoms. The number of alkyl halides is 2. The molecule has 2 saturated heterocycles. The third-order valence-electron chi connectivity index (χ3n) is 6.13. The minimum absolute atomic E-state index is 0.127. The van der Waals surface area contributed by atoms with Crippen LogP contribution in [0.5, 0.6) is 0 Å². The van der Waals surface area contributed by atoms with Gasteiger partial charge in [0.2, 0.25) is 0 Å². The average molecular weight is 454 g/mol. The molecule has 3 aromatic rings. The Kier molecular flexibility index (Phi) is 4.70. The first-order valence-corrected chi connectivity index (χ1v) is 10.4. The molecule has 1 unspecified atom stereocenters. The highest BCUT2D eigenvalue weighted by Gasteiger charge is 2.44. The fourth-order valence-electron chi connectivity index (χ4n) is 4.53. The second kappa shape index (κ2) is 7.36. The number of nitrogens with zero attached hydrogens (tertiary/aromatic N) is 4. The number of halogens is 3. The van der Waals surface area contributed by atoms with E-state index in [9.17, 15) is 13.6 Å². The molecule has 0 saturated carbocycles. The van der Waals surface area contributed by atoms with Crippen molar-refractivity contribution in [1.82, 2.24) is 9.38 Å². The van der Waals surface area contributed by atoms with Crippen LogP contribution < -0.4 is 15.5 Å². The summed E-state index contributed by atoms with van der Waals surface area (Å²) in [6.45, 7) is 1.22. The number of pyridine rings is 1. The van der Waals surface area contributed by atoms with Crippen LogP contribution in [0.4, 0.5) is 24.5 Å². The van der Waals surface area contributed by atoms with Gasteiger partial charge in [-0.15, -0.1) is 0 Å². The number of benzene rings is 1. The summed E-state index contributed by atoms with van der Waals surface area (Å²) < 4.78 is 44.4. The van der Waals surface area contributed by atoms with Crippen molar-refractivity contribution < 1.29 is 18.0 Å². The Labute approximate surface area is 187 Å². The molecule has 5 rings (SSSR count). The molecule has 4 heterocycles. The number of allylic oxidation sites excluding steroid dienone is 1. The van der Waals surface area contributed by atoms with E-state index >= 15 is 4.39 Å². The zero-order valence-corrected chi connectivity index (χ0v) is 17.7. The van der Waals surface area contributed by atoms with Crippen LogP contribution in [0.1, 0.15) is 24.9 Å². The first kappa shape index (κ1) is 21.0. The standard InChI is InChI=1S/C23H21F3N6O/c1-13(27)19-20(28)22(33)32(15-4-7-30-9-6-29-18(30)11-15)21(19)16-3-2-14(10-17(16)24)31-8-5-23(25,26)12-31/h2-4,6-7,9-11,21,28H,5,8,12,27H2,1H3/b19-13+,28-20?. The molecule has 7 nitrogen and oxygen atoms in total. The van der Waals surface area contributed by atoms with Crippen molar-refractivity contribution >= 4 is 28.6 Å². The van der Waals surface area contributed by atoms with Gasteiger partial charge in [-0.1, -0.05) is 6.07 Å². The predicted octanol–water partition coefficient (Wildman–Crippen LogP) is 3.66. The van der Waals surface area contributed by atoms with Gasteiger partial charge in [0.25, 0.3) is 11.8 Å². The summed E-state index contributed by atoms with van der Waals surface area (Å²) in [4.78, 5) is 20.1. The maximum atomic E-state index is 15.4. The summed E-state index contributed by atoms with van der Waals surface area (Å²) in [7, 11) is 0. The molecule has 0 bridgehead atoms. The highest BCUT2D eigenvalue weighted by atomic mass is 19.3. The van der Waals surface area contributed by atoms with Crippen molar-refractivity contribution in [1.29, 1.82) is 5.41 Å². The Morgan fingerprint density at radius 2 is 2.00 bits per heavy atom. The van der Waals surface area contributed by atoms with E-state index in [-0.39, 0.29) is 35.5 Å². The topological polar surface area (TPSA) is 90.7 Å². The van der Waals surface area contributed by atoms with Gasteiger partial charge in [0, 0.05) is 60.1 Å². The van der Waals surface area contributed by atoms with Gasteiger partial charge in [-0.05, 0) is 25.1 Å². The number of rotatable bonds is 3. The molecule has 2 fully saturated rings. The maximum Gasteiger partial charge on any atom is 0.277 e. The molecule has 2 aliphatic rings. The lowest BCUT2D eigenvalue weighted by atomic mass is 9.96. The Morgan fingerprint density at radius 3 is 2.67 bits per heavy atom. The maximum absolute atomic E-state index is 15.4. The third-order valence-corrected chi connectivity index (χ3v) is 6.13. The van der Waals surface area contributed by atoms with Crippen LogP contribution in [0, 0.1) is 11.2 Å². The van der Waals surface area contributed by atoms with Gasteiger partial charge in [0.05, 0.1) is 18.3 Å². The molecule has 0 aliphatic carbocycles. The number of hydrogen-bond donors (Lipinski definition) is 2. The molecule has 2 aliphatic heterocycles. The molecule has 1 atom stereocenters. The van der Waals surface area contributed by atoms with Gasteiger partial charge in [0.15, 0.2) is 0 Å². The van der Waals surface area contributed by atoms with Crippen molar-refractivity contribution in [3.63, 3.8) is 0 Å². The van der Waals surface area contributed by atoms with E-state index < -0.39 is 30.2 Å². The van der Waals surface area contributed by atoms with Crippen molar-refractivity contribution in [2.75, 3.05) is 22.9 Å². The summed E-state index contributed by atoms with van der Waals surface area (Å²) in [5, 5.41) is 8.36. The Balaban J connectivity index is 1.60. The largest absolute Gasteiger partial charge is 0.402 e. The molecular weight excluding hydrogens is 433 g/mol. The Morgan fingerprint density at radius 1 is 1.21 bits per heavy atom. The number of amides is 1. The second-order valence-corrected chi connectivity index (χ2v) is 8.36. The minimum Gasteiger partial charge on any atom is -0.402 e. The van der Waals surface area contributed by atoms with E-state index in [1.807, 2.05) is 0 Å². The number of imidazole rings is 1. The van der Waals surface area contributed by atoms with Gasteiger partial charge in [-0.2, -0.15) is 0 Å². The molecule has 170 valence electrons. The van der Waals surface area contributed by atoms with E-state index in [0.717, 1.165) is 0 Å². The second-order valence-electron chi connectivity index (χ2n) is 8.36. The quantitative estimate of drug-likeness (QED) is 0.632. The number of carbonyl (C=O) groups is 1. The van der Waals surface area contributed by atoms with E-state index in [4.69, 9.17) is 11.1 Å². The zero-order valence-electron chi connectivity index (χ0n) is 17.7. The first-order valence-electron chi connectivity index (χ1n) is 10.4. The van der Waals surface area contributed by atoms with Gasteiger partial charge < -0.3 is 15.0 Å². The molecule has 3 N–H and O–H groups in total. The number of hydrogen-bond acceptors (Lipinski definition) is 5. The lowest BCUT2D eigenvalue weighted by molar-refractivity contribution is -0.112. The van der Waals surface area contributed by atoms with Gasteiger partial charge >= 0.3 is 0 Å². The van der Waals surface area contributed by atoms with E-state index in [2.05, 4.69) is 4.98 Å². The van der Waals surface area contributed by atoms with E-state index in [0.29, 0.717) is 17.0 Å². The van der Waals surface area contributed by atoms with Crippen LogP contribution in [0.25, 0.3) is 5.65 Å². The number of nitrogens with two attached hydrogens (primary N) is 1. The van der Waals surface area contributed by atoms with Gasteiger partial charge in [-0.25, -0.2) is 18.2 Å². The monoisotopic (exact) mass is 454 g/mol.